The van der Waals surface area contributed by atoms with Gasteiger partial charge < -0.3 is 14.5 Å². The Hall–Kier alpha value is -3.08. The van der Waals surface area contributed by atoms with Crippen LogP contribution in [0.4, 0.5) is 0 Å². The molecule has 0 saturated carbocycles. The highest BCUT2D eigenvalue weighted by Crippen LogP contribution is 2.24. The standard InChI is InChI=1S/C22H23NO4/c1-14-21(18-6-4-5-7-19(18)23-14)22(25)15(2)27-20(24)13-10-16-8-11-17(26-3)12-9-16/h4-9,11-12,15,23H,10,13H2,1-3H3. The maximum atomic E-state index is 12.8. The van der Waals surface area contributed by atoms with E-state index in [2.05, 4.69) is 4.98 Å². The Labute approximate surface area is 158 Å². The molecule has 5 heteroatoms. The predicted octanol–water partition coefficient (Wildman–Crippen LogP) is 4.23. The van der Waals surface area contributed by atoms with Crippen LogP contribution in [0, 0.1) is 6.92 Å². The molecule has 0 saturated heterocycles. The van der Waals surface area contributed by atoms with Crippen molar-refractivity contribution in [2.75, 3.05) is 7.11 Å². The van der Waals surface area contributed by atoms with E-state index in [1.54, 1.807) is 14.0 Å². The summed E-state index contributed by atoms with van der Waals surface area (Å²) in [5.74, 6) is 0.196. The van der Waals surface area contributed by atoms with Gasteiger partial charge >= 0.3 is 5.97 Å². The largest absolute Gasteiger partial charge is 0.497 e. The number of benzene rings is 2. The third kappa shape index (κ3) is 4.19. The van der Waals surface area contributed by atoms with Crippen LogP contribution < -0.4 is 4.74 Å². The monoisotopic (exact) mass is 365 g/mol. The molecule has 0 amide bonds. The molecule has 3 aromatic rings. The molecule has 1 heterocycles. The topological polar surface area (TPSA) is 68.4 Å². The second-order valence-corrected chi connectivity index (χ2v) is 6.51. The number of carbonyl (C=O) groups excluding carboxylic acids is 2. The zero-order valence-electron chi connectivity index (χ0n) is 15.7. The van der Waals surface area contributed by atoms with Crippen LogP contribution in [0.15, 0.2) is 48.5 Å². The number of nitrogens with one attached hydrogen (secondary N) is 1. The number of aromatic amines is 1. The number of ketones is 1. The van der Waals surface area contributed by atoms with Crippen molar-refractivity contribution >= 4 is 22.7 Å². The zero-order chi connectivity index (χ0) is 19.4. The number of methoxy groups -OCH3 is 1. The van der Waals surface area contributed by atoms with Crippen molar-refractivity contribution in [2.24, 2.45) is 0 Å². The first-order chi connectivity index (χ1) is 13.0. The van der Waals surface area contributed by atoms with E-state index in [-0.39, 0.29) is 18.2 Å². The summed E-state index contributed by atoms with van der Waals surface area (Å²) in [6, 6.07) is 15.1. The number of carbonyl (C=O) groups is 2. The van der Waals surface area contributed by atoms with E-state index >= 15 is 0 Å². The summed E-state index contributed by atoms with van der Waals surface area (Å²) >= 11 is 0. The lowest BCUT2D eigenvalue weighted by molar-refractivity contribution is -0.146. The van der Waals surface area contributed by atoms with Crippen LogP contribution >= 0.6 is 0 Å². The number of Topliss-reactive ketones (excluding diaryl/α,β-unsaturated/α-hetero) is 1. The van der Waals surface area contributed by atoms with Gasteiger partial charge in [-0.2, -0.15) is 0 Å². The summed E-state index contributed by atoms with van der Waals surface area (Å²) < 4.78 is 10.5. The summed E-state index contributed by atoms with van der Waals surface area (Å²) in [4.78, 5) is 28.2. The van der Waals surface area contributed by atoms with Crippen molar-refractivity contribution < 1.29 is 19.1 Å². The lowest BCUT2D eigenvalue weighted by atomic mass is 10.0. The van der Waals surface area contributed by atoms with Crippen molar-refractivity contribution in [1.82, 2.24) is 4.98 Å². The van der Waals surface area contributed by atoms with Gasteiger partial charge in [0.05, 0.1) is 7.11 Å². The minimum absolute atomic E-state index is 0.192. The Morgan fingerprint density at radius 1 is 1.07 bits per heavy atom. The van der Waals surface area contributed by atoms with Crippen LogP contribution in [0.2, 0.25) is 0 Å². The number of H-pyrrole nitrogens is 1. The highest BCUT2D eigenvalue weighted by atomic mass is 16.5. The number of rotatable bonds is 7. The Morgan fingerprint density at radius 2 is 1.78 bits per heavy atom. The molecule has 1 unspecified atom stereocenters. The van der Waals surface area contributed by atoms with Gasteiger partial charge in [-0.05, 0) is 44.0 Å². The van der Waals surface area contributed by atoms with E-state index in [4.69, 9.17) is 9.47 Å². The first-order valence-electron chi connectivity index (χ1n) is 8.93. The molecule has 3 rings (SSSR count). The molecular formula is C22H23NO4. The number of aryl methyl sites for hydroxylation is 2. The Balaban J connectivity index is 1.61. The molecule has 0 aliphatic carbocycles. The minimum Gasteiger partial charge on any atom is -0.497 e. The summed E-state index contributed by atoms with van der Waals surface area (Å²) in [6.07, 6.45) is -0.0570. The van der Waals surface area contributed by atoms with Gasteiger partial charge in [-0.15, -0.1) is 0 Å². The van der Waals surface area contributed by atoms with Gasteiger partial charge in [-0.3, -0.25) is 9.59 Å². The molecule has 1 aromatic heterocycles. The van der Waals surface area contributed by atoms with Crippen LogP contribution in [0.3, 0.4) is 0 Å². The summed E-state index contributed by atoms with van der Waals surface area (Å²) in [5.41, 5.74) is 3.28. The third-order valence-corrected chi connectivity index (χ3v) is 4.59. The molecule has 0 aliphatic heterocycles. The maximum Gasteiger partial charge on any atom is 0.306 e. The number of fused-ring (bicyclic) bond motifs is 1. The van der Waals surface area contributed by atoms with E-state index in [0.717, 1.165) is 27.9 Å². The zero-order valence-corrected chi connectivity index (χ0v) is 15.7. The number of para-hydroxylation sites is 1. The van der Waals surface area contributed by atoms with E-state index in [1.807, 2.05) is 55.5 Å². The Kier molecular flexibility index (Phi) is 5.60. The summed E-state index contributed by atoms with van der Waals surface area (Å²) in [5, 5.41) is 0.848. The quantitative estimate of drug-likeness (QED) is 0.502. The van der Waals surface area contributed by atoms with Crippen molar-refractivity contribution in [3.05, 3.63) is 65.4 Å². The van der Waals surface area contributed by atoms with Crippen LogP contribution in [0.5, 0.6) is 5.75 Å². The average molecular weight is 365 g/mol. The Morgan fingerprint density at radius 3 is 2.48 bits per heavy atom. The van der Waals surface area contributed by atoms with Gasteiger partial charge in [0.25, 0.3) is 0 Å². The van der Waals surface area contributed by atoms with Gasteiger partial charge in [0.2, 0.25) is 5.78 Å². The van der Waals surface area contributed by atoms with Crippen molar-refractivity contribution in [3.63, 3.8) is 0 Å². The second kappa shape index (κ2) is 8.08. The molecule has 1 atom stereocenters. The van der Waals surface area contributed by atoms with Crippen molar-refractivity contribution in [2.45, 2.75) is 32.8 Å². The fraction of sp³-hybridized carbons (Fsp3) is 0.273. The number of aromatic nitrogens is 1. The van der Waals surface area contributed by atoms with Crippen molar-refractivity contribution in [1.29, 1.82) is 0 Å². The fourth-order valence-corrected chi connectivity index (χ4v) is 3.15. The molecule has 0 fully saturated rings. The lowest BCUT2D eigenvalue weighted by Gasteiger charge is -2.13. The lowest BCUT2D eigenvalue weighted by Crippen LogP contribution is -2.25. The normalized spacial score (nSPS) is 12.0. The number of hydrogen-bond acceptors (Lipinski definition) is 4. The highest BCUT2D eigenvalue weighted by molar-refractivity contribution is 6.11. The fourth-order valence-electron chi connectivity index (χ4n) is 3.15. The van der Waals surface area contributed by atoms with E-state index in [9.17, 15) is 9.59 Å². The molecule has 0 bridgehead atoms. The summed E-state index contributed by atoms with van der Waals surface area (Å²) in [6.45, 7) is 3.47. The van der Waals surface area contributed by atoms with Crippen LogP contribution in [-0.2, 0) is 16.0 Å². The molecular weight excluding hydrogens is 342 g/mol. The predicted molar refractivity (Wildman–Crippen MR) is 104 cm³/mol. The number of ether oxygens (including phenoxy) is 2. The molecule has 1 N–H and O–H groups in total. The molecule has 2 aromatic carbocycles. The summed E-state index contributed by atoms with van der Waals surface area (Å²) in [7, 11) is 1.61. The minimum atomic E-state index is -0.828. The van der Waals surface area contributed by atoms with Gasteiger partial charge in [0.15, 0.2) is 6.10 Å². The van der Waals surface area contributed by atoms with E-state index in [0.29, 0.717) is 12.0 Å². The molecule has 0 radical (unpaired) electrons. The van der Waals surface area contributed by atoms with Gasteiger partial charge in [0.1, 0.15) is 5.75 Å². The first-order valence-corrected chi connectivity index (χ1v) is 8.93. The van der Waals surface area contributed by atoms with Crippen molar-refractivity contribution in [3.8, 4) is 5.75 Å². The third-order valence-electron chi connectivity index (χ3n) is 4.59. The van der Waals surface area contributed by atoms with Gasteiger partial charge in [-0.1, -0.05) is 30.3 Å². The number of esters is 1. The van der Waals surface area contributed by atoms with Crippen LogP contribution in [-0.4, -0.2) is 30.0 Å². The van der Waals surface area contributed by atoms with Crippen LogP contribution in [0.1, 0.15) is 35.0 Å². The molecule has 0 aliphatic rings. The maximum absolute atomic E-state index is 12.8. The molecule has 0 spiro atoms. The van der Waals surface area contributed by atoms with E-state index < -0.39 is 6.10 Å². The number of hydrogen-bond donors (Lipinski definition) is 1. The van der Waals surface area contributed by atoms with E-state index in [1.165, 1.54) is 0 Å². The highest BCUT2D eigenvalue weighted by Gasteiger charge is 2.24. The molecule has 27 heavy (non-hydrogen) atoms. The van der Waals surface area contributed by atoms with Gasteiger partial charge in [-0.25, -0.2) is 0 Å². The van der Waals surface area contributed by atoms with Crippen LogP contribution in [0.25, 0.3) is 10.9 Å². The SMILES string of the molecule is COc1ccc(CCC(=O)OC(C)C(=O)c2c(C)[nH]c3ccccc23)cc1. The average Bonchev–Trinajstić information content (AvgIpc) is 3.01. The van der Waals surface area contributed by atoms with Gasteiger partial charge in [0, 0.05) is 28.6 Å². The smallest absolute Gasteiger partial charge is 0.306 e. The molecule has 140 valence electrons. The molecule has 5 nitrogen and oxygen atoms in total. The first kappa shape index (κ1) is 18.7. The second-order valence-electron chi connectivity index (χ2n) is 6.51. The Bertz CT molecular complexity index is 956.